The van der Waals surface area contributed by atoms with Crippen LogP contribution < -0.4 is 0 Å². The quantitative estimate of drug-likeness (QED) is 0.554. The van der Waals surface area contributed by atoms with Crippen molar-refractivity contribution in [1.29, 1.82) is 0 Å². The van der Waals surface area contributed by atoms with Crippen molar-refractivity contribution in [2.45, 2.75) is 26.0 Å². The first-order chi connectivity index (χ1) is 11.6. The number of ketones is 1. The molecule has 0 bridgehead atoms. The van der Waals surface area contributed by atoms with E-state index in [1.54, 1.807) is 51.1 Å². The molecule has 3 aromatic rings. The zero-order valence-corrected chi connectivity index (χ0v) is 16.9. The van der Waals surface area contributed by atoms with Gasteiger partial charge in [0, 0.05) is 16.6 Å². The molecule has 1 aromatic carbocycles. The molecule has 4 nitrogen and oxygen atoms in total. The average Bonchev–Trinajstić information content (AvgIpc) is 3.05. The highest BCUT2D eigenvalue weighted by molar-refractivity contribution is 7.90. The number of halogens is 2. The summed E-state index contributed by atoms with van der Waals surface area (Å²) in [6, 6.07) is 8.33. The Morgan fingerprint density at radius 1 is 1.20 bits per heavy atom. The number of hydrogen-bond donors (Lipinski definition) is 0. The third-order valence-electron chi connectivity index (χ3n) is 3.88. The fourth-order valence-corrected chi connectivity index (χ4v) is 5.63. The molecule has 2 aromatic heterocycles. The minimum atomic E-state index is -3.51. The molecule has 3 rings (SSSR count). The molecular formula is C17H15Cl2NO3S2. The number of aromatic nitrogens is 1. The van der Waals surface area contributed by atoms with Gasteiger partial charge in [-0.25, -0.2) is 12.4 Å². The van der Waals surface area contributed by atoms with Crippen LogP contribution >= 0.6 is 34.5 Å². The first-order valence-electron chi connectivity index (χ1n) is 7.49. The molecule has 0 N–H and O–H groups in total. The summed E-state index contributed by atoms with van der Waals surface area (Å²) in [4.78, 5) is 13.7. The minimum Gasteiger partial charge on any atom is -0.288 e. The lowest BCUT2D eigenvalue weighted by molar-refractivity contribution is 0.104. The number of rotatable bonds is 4. The van der Waals surface area contributed by atoms with Crippen molar-refractivity contribution in [3.8, 4) is 0 Å². The molecule has 0 saturated heterocycles. The lowest BCUT2D eigenvalue weighted by Gasteiger charge is -2.11. The second-order valence-electron chi connectivity index (χ2n) is 5.95. The van der Waals surface area contributed by atoms with Crippen molar-refractivity contribution in [1.82, 2.24) is 3.97 Å². The molecule has 0 amide bonds. The van der Waals surface area contributed by atoms with Gasteiger partial charge in [-0.05, 0) is 45.0 Å². The predicted molar refractivity (Wildman–Crippen MR) is 104 cm³/mol. The molecule has 0 atom stereocenters. The summed E-state index contributed by atoms with van der Waals surface area (Å²) in [7, 11) is -3.51. The maximum absolute atomic E-state index is 12.8. The Bertz CT molecular complexity index is 1090. The van der Waals surface area contributed by atoms with Crippen LogP contribution in [-0.4, -0.2) is 23.4 Å². The fraction of sp³-hybridized carbons (Fsp3) is 0.235. The van der Waals surface area contributed by atoms with Crippen molar-refractivity contribution in [2.75, 3.05) is 0 Å². The summed E-state index contributed by atoms with van der Waals surface area (Å²) in [5, 5.41) is 0.649. The standard InChI is InChI=1S/C17H15Cl2NO3S2/c1-9(2)25(22,23)20-10(3)7-11-8-14(24-17(11)20)16(21)12-5-4-6-13(18)15(12)19/h4-9H,1-3H3. The number of aryl methyl sites for hydroxylation is 1. The van der Waals surface area contributed by atoms with E-state index < -0.39 is 15.3 Å². The van der Waals surface area contributed by atoms with Crippen LogP contribution in [-0.2, 0) is 10.0 Å². The van der Waals surface area contributed by atoms with E-state index in [0.29, 0.717) is 31.4 Å². The summed E-state index contributed by atoms with van der Waals surface area (Å²) < 4.78 is 26.6. The third kappa shape index (κ3) is 3.01. The number of carbonyl (C=O) groups excluding carboxylic acids is 1. The molecule has 0 aliphatic rings. The summed E-state index contributed by atoms with van der Waals surface area (Å²) in [5.41, 5.74) is 0.919. The van der Waals surface area contributed by atoms with Gasteiger partial charge in [0.05, 0.1) is 20.2 Å². The van der Waals surface area contributed by atoms with Crippen molar-refractivity contribution in [2.24, 2.45) is 0 Å². The van der Waals surface area contributed by atoms with Gasteiger partial charge in [0.2, 0.25) is 15.8 Å². The van der Waals surface area contributed by atoms with Gasteiger partial charge < -0.3 is 0 Å². The van der Waals surface area contributed by atoms with Crippen LogP contribution in [0, 0.1) is 6.92 Å². The number of benzene rings is 1. The van der Waals surface area contributed by atoms with E-state index in [1.165, 1.54) is 3.97 Å². The number of carbonyl (C=O) groups is 1. The smallest absolute Gasteiger partial charge is 0.242 e. The first kappa shape index (κ1) is 18.5. The zero-order valence-electron chi connectivity index (χ0n) is 13.7. The monoisotopic (exact) mass is 415 g/mol. The Kier molecular flexibility index (Phi) is 4.75. The average molecular weight is 416 g/mol. The highest BCUT2D eigenvalue weighted by Crippen LogP contribution is 2.34. The van der Waals surface area contributed by atoms with Gasteiger partial charge in [-0.3, -0.25) is 4.79 Å². The normalized spacial score (nSPS) is 12.2. The van der Waals surface area contributed by atoms with Gasteiger partial charge in [0.15, 0.2) is 0 Å². The number of hydrogen-bond acceptors (Lipinski definition) is 4. The maximum atomic E-state index is 12.8. The van der Waals surface area contributed by atoms with E-state index in [9.17, 15) is 13.2 Å². The van der Waals surface area contributed by atoms with Crippen LogP contribution in [0.4, 0.5) is 0 Å². The van der Waals surface area contributed by atoms with E-state index in [1.807, 2.05) is 0 Å². The molecular weight excluding hydrogens is 401 g/mol. The summed E-state index contributed by atoms with van der Waals surface area (Å²) in [5.74, 6) is -0.278. The molecule has 2 heterocycles. The molecule has 0 spiro atoms. The van der Waals surface area contributed by atoms with Crippen LogP contribution in [0.25, 0.3) is 10.2 Å². The molecule has 25 heavy (non-hydrogen) atoms. The van der Waals surface area contributed by atoms with Gasteiger partial charge in [-0.15, -0.1) is 11.3 Å². The summed E-state index contributed by atoms with van der Waals surface area (Å²) in [6.07, 6.45) is 0. The zero-order chi connectivity index (χ0) is 18.5. The molecule has 0 aliphatic heterocycles. The summed E-state index contributed by atoms with van der Waals surface area (Å²) >= 11 is 13.3. The topological polar surface area (TPSA) is 56.1 Å². The van der Waals surface area contributed by atoms with Crippen LogP contribution in [0.2, 0.25) is 10.0 Å². The second-order valence-corrected chi connectivity index (χ2v) is 10.1. The predicted octanol–water partition coefficient (Wildman–Crippen LogP) is 5.14. The van der Waals surface area contributed by atoms with Gasteiger partial charge >= 0.3 is 0 Å². The fourth-order valence-electron chi connectivity index (χ4n) is 2.55. The van der Waals surface area contributed by atoms with E-state index in [-0.39, 0.29) is 10.8 Å². The van der Waals surface area contributed by atoms with Crippen molar-refractivity contribution in [3.63, 3.8) is 0 Å². The van der Waals surface area contributed by atoms with Crippen LogP contribution in [0.1, 0.15) is 34.8 Å². The van der Waals surface area contributed by atoms with Crippen LogP contribution in [0.5, 0.6) is 0 Å². The van der Waals surface area contributed by atoms with E-state index in [0.717, 1.165) is 11.3 Å². The second kappa shape index (κ2) is 6.43. The van der Waals surface area contributed by atoms with E-state index in [2.05, 4.69) is 0 Å². The Hall–Kier alpha value is -1.34. The van der Waals surface area contributed by atoms with Crippen LogP contribution in [0.15, 0.2) is 30.3 Å². The first-order valence-corrected chi connectivity index (χ1v) is 10.6. The van der Waals surface area contributed by atoms with E-state index in [4.69, 9.17) is 23.2 Å². The van der Waals surface area contributed by atoms with Crippen LogP contribution in [0.3, 0.4) is 0 Å². The SMILES string of the molecule is Cc1cc2cc(C(=O)c3cccc(Cl)c3Cl)sc2n1S(=O)(=O)C(C)C. The summed E-state index contributed by atoms with van der Waals surface area (Å²) in [6.45, 7) is 5.00. The largest absolute Gasteiger partial charge is 0.288 e. The molecule has 0 aliphatic carbocycles. The van der Waals surface area contributed by atoms with Crippen molar-refractivity contribution >= 4 is 60.6 Å². The highest BCUT2D eigenvalue weighted by atomic mass is 35.5. The molecule has 0 radical (unpaired) electrons. The Morgan fingerprint density at radius 2 is 1.88 bits per heavy atom. The number of thiophene rings is 1. The van der Waals surface area contributed by atoms with E-state index >= 15 is 0 Å². The lowest BCUT2D eigenvalue weighted by atomic mass is 10.1. The lowest BCUT2D eigenvalue weighted by Crippen LogP contribution is -2.22. The Morgan fingerprint density at radius 3 is 2.52 bits per heavy atom. The highest BCUT2D eigenvalue weighted by Gasteiger charge is 2.26. The molecule has 132 valence electrons. The maximum Gasteiger partial charge on any atom is 0.242 e. The third-order valence-corrected chi connectivity index (χ3v) is 8.12. The number of fused-ring (bicyclic) bond motifs is 1. The van der Waals surface area contributed by atoms with Crippen molar-refractivity contribution in [3.05, 3.63) is 56.5 Å². The molecule has 8 heteroatoms. The molecule has 0 unspecified atom stereocenters. The Labute approximate surface area is 160 Å². The van der Waals surface area contributed by atoms with Gasteiger partial charge in [-0.2, -0.15) is 0 Å². The van der Waals surface area contributed by atoms with Gasteiger partial charge in [0.1, 0.15) is 4.83 Å². The molecule has 0 fully saturated rings. The van der Waals surface area contributed by atoms with Gasteiger partial charge in [0.25, 0.3) is 0 Å². The number of nitrogens with zero attached hydrogens (tertiary/aromatic N) is 1. The van der Waals surface area contributed by atoms with Gasteiger partial charge in [-0.1, -0.05) is 29.3 Å². The van der Waals surface area contributed by atoms with Crippen molar-refractivity contribution < 1.29 is 13.2 Å². The molecule has 0 saturated carbocycles. The Balaban J connectivity index is 2.16. The minimum absolute atomic E-state index is 0.195.